The van der Waals surface area contributed by atoms with Gasteiger partial charge in [0.15, 0.2) is 0 Å². The SMILES string of the molecule is Cc1csc2c(N3CCC(O)(c4cc(F)cc(F)c4)CC3)ncnc12. The number of aryl methyl sites for hydroxylation is 1. The van der Waals surface area contributed by atoms with E-state index in [0.29, 0.717) is 31.5 Å². The number of benzene rings is 1. The molecule has 3 heterocycles. The van der Waals surface area contributed by atoms with Crippen molar-refractivity contribution in [1.29, 1.82) is 0 Å². The molecule has 0 spiro atoms. The standard InChI is InChI=1S/C18H17F2N3OS/c1-11-9-25-16-15(11)21-10-22-17(16)23-4-2-18(24,3-5-23)12-6-13(19)8-14(20)7-12/h6-10,24H,2-5H2,1H3. The second kappa shape index (κ2) is 6.00. The molecule has 0 amide bonds. The van der Waals surface area contributed by atoms with Crippen molar-refractivity contribution in [2.24, 2.45) is 0 Å². The van der Waals surface area contributed by atoms with Crippen molar-refractivity contribution in [3.63, 3.8) is 0 Å². The fourth-order valence-corrected chi connectivity index (χ4v) is 4.40. The van der Waals surface area contributed by atoms with Crippen LogP contribution in [-0.4, -0.2) is 28.2 Å². The first-order valence-corrected chi connectivity index (χ1v) is 8.97. The van der Waals surface area contributed by atoms with Crippen LogP contribution < -0.4 is 4.90 Å². The Morgan fingerprint density at radius 2 is 1.80 bits per heavy atom. The summed E-state index contributed by atoms with van der Waals surface area (Å²) in [5.74, 6) is -0.481. The van der Waals surface area contributed by atoms with E-state index in [9.17, 15) is 13.9 Å². The number of aromatic nitrogens is 2. The number of hydrogen-bond donors (Lipinski definition) is 1. The number of fused-ring (bicyclic) bond motifs is 1. The van der Waals surface area contributed by atoms with Crippen molar-refractivity contribution >= 4 is 27.4 Å². The molecule has 0 atom stereocenters. The zero-order chi connectivity index (χ0) is 17.6. The van der Waals surface area contributed by atoms with Gasteiger partial charge in [0.05, 0.1) is 15.8 Å². The van der Waals surface area contributed by atoms with Crippen LogP contribution in [0.25, 0.3) is 10.2 Å². The zero-order valence-corrected chi connectivity index (χ0v) is 14.5. The quantitative estimate of drug-likeness (QED) is 0.755. The highest BCUT2D eigenvalue weighted by atomic mass is 32.1. The predicted octanol–water partition coefficient (Wildman–Crippen LogP) is 3.77. The maximum absolute atomic E-state index is 13.5. The molecule has 2 aromatic heterocycles. The van der Waals surface area contributed by atoms with E-state index in [0.717, 1.165) is 27.7 Å². The fraction of sp³-hybridized carbons (Fsp3) is 0.333. The van der Waals surface area contributed by atoms with E-state index in [2.05, 4.69) is 20.2 Å². The van der Waals surface area contributed by atoms with Crippen LogP contribution in [0.5, 0.6) is 0 Å². The van der Waals surface area contributed by atoms with Crippen LogP contribution >= 0.6 is 11.3 Å². The first kappa shape index (κ1) is 16.4. The number of aliphatic hydroxyl groups is 1. The Bertz CT molecular complexity index is 915. The van der Waals surface area contributed by atoms with E-state index in [1.165, 1.54) is 12.1 Å². The number of halogens is 2. The van der Waals surface area contributed by atoms with Gasteiger partial charge in [0.2, 0.25) is 0 Å². The Morgan fingerprint density at radius 3 is 2.48 bits per heavy atom. The Hall–Kier alpha value is -2.12. The van der Waals surface area contributed by atoms with Crippen LogP contribution in [0, 0.1) is 18.6 Å². The van der Waals surface area contributed by atoms with E-state index in [1.54, 1.807) is 17.7 Å². The van der Waals surface area contributed by atoms with Crippen molar-refractivity contribution in [3.05, 3.63) is 52.7 Å². The minimum Gasteiger partial charge on any atom is -0.385 e. The molecule has 1 N–H and O–H groups in total. The first-order valence-electron chi connectivity index (χ1n) is 8.09. The molecule has 4 rings (SSSR count). The molecule has 0 radical (unpaired) electrons. The second-order valence-electron chi connectivity index (χ2n) is 6.47. The van der Waals surface area contributed by atoms with Crippen LogP contribution in [-0.2, 0) is 5.60 Å². The number of anilines is 1. The lowest BCUT2D eigenvalue weighted by Gasteiger charge is -2.39. The van der Waals surface area contributed by atoms with Crippen LogP contribution in [0.15, 0.2) is 29.9 Å². The smallest absolute Gasteiger partial charge is 0.150 e. The first-order chi connectivity index (χ1) is 12.0. The van der Waals surface area contributed by atoms with Gasteiger partial charge in [-0.25, -0.2) is 18.7 Å². The summed E-state index contributed by atoms with van der Waals surface area (Å²) in [6.07, 6.45) is 2.32. The average Bonchev–Trinajstić information content (AvgIpc) is 2.96. The minimum atomic E-state index is -1.23. The van der Waals surface area contributed by atoms with Crippen molar-refractivity contribution in [1.82, 2.24) is 9.97 Å². The third-order valence-corrected chi connectivity index (χ3v) is 5.89. The third-order valence-electron chi connectivity index (χ3n) is 4.80. The highest BCUT2D eigenvalue weighted by Gasteiger charge is 2.35. The molecule has 0 bridgehead atoms. The molecule has 7 heteroatoms. The summed E-state index contributed by atoms with van der Waals surface area (Å²) >= 11 is 1.61. The zero-order valence-electron chi connectivity index (χ0n) is 13.7. The van der Waals surface area contributed by atoms with Gasteiger partial charge < -0.3 is 10.0 Å². The summed E-state index contributed by atoms with van der Waals surface area (Å²) in [7, 11) is 0. The largest absolute Gasteiger partial charge is 0.385 e. The van der Waals surface area contributed by atoms with Crippen LogP contribution in [0.1, 0.15) is 24.0 Å². The molecule has 25 heavy (non-hydrogen) atoms. The normalized spacial score (nSPS) is 17.2. The Morgan fingerprint density at radius 1 is 1.12 bits per heavy atom. The van der Waals surface area contributed by atoms with Crippen molar-refractivity contribution in [2.45, 2.75) is 25.4 Å². The lowest BCUT2D eigenvalue weighted by molar-refractivity contribution is 0.0111. The molecule has 0 unspecified atom stereocenters. The van der Waals surface area contributed by atoms with Gasteiger partial charge >= 0.3 is 0 Å². The van der Waals surface area contributed by atoms with Gasteiger partial charge in [0.1, 0.15) is 23.8 Å². The monoisotopic (exact) mass is 361 g/mol. The summed E-state index contributed by atoms with van der Waals surface area (Å²) in [6.45, 7) is 3.12. The topological polar surface area (TPSA) is 49.2 Å². The highest BCUT2D eigenvalue weighted by Crippen LogP contribution is 2.37. The summed E-state index contributed by atoms with van der Waals surface area (Å²) in [5, 5.41) is 12.9. The molecule has 1 fully saturated rings. The van der Waals surface area contributed by atoms with Crippen molar-refractivity contribution in [2.75, 3.05) is 18.0 Å². The molecule has 0 saturated carbocycles. The minimum absolute atomic E-state index is 0.296. The second-order valence-corrected chi connectivity index (χ2v) is 7.35. The molecule has 130 valence electrons. The van der Waals surface area contributed by atoms with Gasteiger partial charge in [-0.15, -0.1) is 11.3 Å². The molecule has 1 aliphatic rings. The number of piperidine rings is 1. The van der Waals surface area contributed by atoms with E-state index < -0.39 is 17.2 Å². The Labute approximate surface area is 147 Å². The van der Waals surface area contributed by atoms with E-state index in [1.807, 2.05) is 6.92 Å². The van der Waals surface area contributed by atoms with Gasteiger partial charge in [0, 0.05) is 19.2 Å². The van der Waals surface area contributed by atoms with Crippen molar-refractivity contribution in [3.8, 4) is 0 Å². The van der Waals surface area contributed by atoms with Gasteiger partial charge in [-0.1, -0.05) is 0 Å². The predicted molar refractivity (Wildman–Crippen MR) is 93.9 cm³/mol. The molecule has 1 aliphatic heterocycles. The summed E-state index contributed by atoms with van der Waals surface area (Å²) in [5.41, 5.74) is 1.14. The molecule has 1 saturated heterocycles. The summed E-state index contributed by atoms with van der Waals surface area (Å²) < 4.78 is 28.0. The van der Waals surface area contributed by atoms with Gasteiger partial charge in [-0.3, -0.25) is 0 Å². The number of nitrogens with zero attached hydrogens (tertiary/aromatic N) is 3. The number of hydrogen-bond acceptors (Lipinski definition) is 5. The molecular formula is C18H17F2N3OS. The summed E-state index contributed by atoms with van der Waals surface area (Å²) in [4.78, 5) is 10.8. The van der Waals surface area contributed by atoms with E-state index in [-0.39, 0.29) is 0 Å². The Balaban J connectivity index is 1.60. The van der Waals surface area contributed by atoms with Gasteiger partial charge in [-0.05, 0) is 48.4 Å². The van der Waals surface area contributed by atoms with Crippen LogP contribution in [0.3, 0.4) is 0 Å². The summed E-state index contributed by atoms with van der Waals surface area (Å²) in [6, 6.07) is 3.24. The van der Waals surface area contributed by atoms with E-state index in [4.69, 9.17) is 0 Å². The van der Waals surface area contributed by atoms with Crippen molar-refractivity contribution < 1.29 is 13.9 Å². The number of rotatable bonds is 2. The molecular weight excluding hydrogens is 344 g/mol. The van der Waals surface area contributed by atoms with Gasteiger partial charge in [-0.2, -0.15) is 0 Å². The Kier molecular flexibility index (Phi) is 3.92. The average molecular weight is 361 g/mol. The maximum atomic E-state index is 13.5. The third kappa shape index (κ3) is 2.87. The fourth-order valence-electron chi connectivity index (χ4n) is 3.38. The molecule has 4 nitrogen and oxygen atoms in total. The molecule has 1 aromatic carbocycles. The van der Waals surface area contributed by atoms with E-state index >= 15 is 0 Å². The number of thiophene rings is 1. The van der Waals surface area contributed by atoms with Gasteiger partial charge in [0.25, 0.3) is 0 Å². The lowest BCUT2D eigenvalue weighted by atomic mass is 9.84. The van der Waals surface area contributed by atoms with Crippen LogP contribution in [0.4, 0.5) is 14.6 Å². The van der Waals surface area contributed by atoms with Crippen LogP contribution in [0.2, 0.25) is 0 Å². The maximum Gasteiger partial charge on any atom is 0.150 e. The highest BCUT2D eigenvalue weighted by molar-refractivity contribution is 7.18. The molecule has 0 aliphatic carbocycles. The molecule has 3 aromatic rings. The lowest BCUT2D eigenvalue weighted by Crippen LogP contribution is -2.43.